The van der Waals surface area contributed by atoms with Crippen molar-refractivity contribution in [3.8, 4) is 0 Å². The molecular formula is C19H25F2N3. The summed E-state index contributed by atoms with van der Waals surface area (Å²) in [6.45, 7) is 2.86. The zero-order valence-corrected chi connectivity index (χ0v) is 14.6. The lowest BCUT2D eigenvalue weighted by molar-refractivity contribution is 0.400. The molecule has 0 radical (unpaired) electrons. The van der Waals surface area contributed by atoms with Crippen molar-refractivity contribution in [2.75, 3.05) is 26.4 Å². The summed E-state index contributed by atoms with van der Waals surface area (Å²) in [5.41, 5.74) is 8.78. The molecule has 1 heterocycles. The summed E-state index contributed by atoms with van der Waals surface area (Å²) < 4.78 is 27.9. The molecule has 0 saturated carbocycles. The van der Waals surface area contributed by atoms with E-state index >= 15 is 0 Å². The van der Waals surface area contributed by atoms with Crippen LogP contribution in [0, 0.1) is 18.6 Å². The maximum Gasteiger partial charge on any atom is 0.162 e. The van der Waals surface area contributed by atoms with Gasteiger partial charge in [-0.1, -0.05) is 6.07 Å². The van der Waals surface area contributed by atoms with Crippen LogP contribution < -0.4 is 5.73 Å². The summed E-state index contributed by atoms with van der Waals surface area (Å²) in [4.78, 5) is 6.33. The minimum absolute atomic E-state index is 0.400. The summed E-state index contributed by atoms with van der Waals surface area (Å²) in [5.74, 6) is -1.08. The number of nitrogens with zero attached hydrogens (tertiary/aromatic N) is 2. The van der Waals surface area contributed by atoms with E-state index in [2.05, 4.69) is 9.88 Å². The molecule has 2 N–H and O–H groups in total. The number of aryl methyl sites for hydroxylation is 4. The molecular weight excluding hydrogens is 308 g/mol. The van der Waals surface area contributed by atoms with Gasteiger partial charge in [-0.15, -0.1) is 0 Å². The second-order valence-corrected chi connectivity index (χ2v) is 6.52. The Hall–Kier alpha value is -2.01. The van der Waals surface area contributed by atoms with Crippen molar-refractivity contribution in [2.45, 2.75) is 32.6 Å². The number of hydrogen-bond acceptors (Lipinski definition) is 3. The Balaban J connectivity index is 2.09. The number of benzene rings is 1. The highest BCUT2D eigenvalue weighted by atomic mass is 19.2. The number of rotatable bonds is 7. The van der Waals surface area contributed by atoms with Gasteiger partial charge in [0.05, 0.1) is 0 Å². The largest absolute Gasteiger partial charge is 0.384 e. The third kappa shape index (κ3) is 5.27. The van der Waals surface area contributed by atoms with Gasteiger partial charge in [0.25, 0.3) is 0 Å². The minimum atomic E-state index is -0.774. The van der Waals surface area contributed by atoms with Gasteiger partial charge in [-0.3, -0.25) is 0 Å². The zero-order chi connectivity index (χ0) is 17.7. The summed E-state index contributed by atoms with van der Waals surface area (Å²) in [6.07, 6.45) is 2.58. The van der Waals surface area contributed by atoms with Crippen LogP contribution in [0.5, 0.6) is 0 Å². The predicted octanol–water partition coefficient (Wildman–Crippen LogP) is 3.53. The van der Waals surface area contributed by atoms with E-state index in [1.54, 1.807) is 12.1 Å². The second-order valence-electron chi connectivity index (χ2n) is 6.52. The monoisotopic (exact) mass is 333 g/mol. The average Bonchev–Trinajstić information content (AvgIpc) is 2.48. The van der Waals surface area contributed by atoms with Crippen molar-refractivity contribution in [3.05, 3.63) is 58.3 Å². The molecule has 0 aliphatic rings. The van der Waals surface area contributed by atoms with Crippen molar-refractivity contribution in [1.82, 2.24) is 9.88 Å². The Kier molecular flexibility index (Phi) is 6.26. The number of aromatic nitrogens is 1. The molecule has 0 amide bonds. The number of hydrogen-bond donors (Lipinski definition) is 1. The maximum atomic E-state index is 14.1. The molecule has 2 aromatic rings. The van der Waals surface area contributed by atoms with E-state index in [0.717, 1.165) is 36.2 Å². The first-order chi connectivity index (χ1) is 11.3. The summed E-state index contributed by atoms with van der Waals surface area (Å²) in [5, 5.41) is 0. The Labute approximate surface area is 142 Å². The van der Waals surface area contributed by atoms with Gasteiger partial charge >= 0.3 is 0 Å². The van der Waals surface area contributed by atoms with Crippen molar-refractivity contribution >= 4 is 5.82 Å². The fraction of sp³-hybridized carbons (Fsp3) is 0.421. The molecule has 0 aliphatic heterocycles. The van der Waals surface area contributed by atoms with Gasteiger partial charge in [0.2, 0.25) is 0 Å². The predicted molar refractivity (Wildman–Crippen MR) is 94.0 cm³/mol. The quantitative estimate of drug-likeness (QED) is 0.843. The standard InChI is InChI=1S/C19H25F2N3/c1-13-9-16(23-18(22)10-13)7-6-15-11-14(5-4-8-24(2)3)12-17(20)19(15)21/h9-12H,4-8H2,1-3H3,(H2,22,23). The van der Waals surface area contributed by atoms with Crippen LogP contribution >= 0.6 is 0 Å². The first-order valence-corrected chi connectivity index (χ1v) is 8.19. The van der Waals surface area contributed by atoms with Gasteiger partial charge in [0.15, 0.2) is 11.6 Å². The Morgan fingerprint density at radius 2 is 1.79 bits per heavy atom. The maximum absolute atomic E-state index is 14.1. The fourth-order valence-corrected chi connectivity index (χ4v) is 2.79. The van der Waals surface area contributed by atoms with Crippen molar-refractivity contribution in [2.24, 2.45) is 0 Å². The Morgan fingerprint density at radius 3 is 2.46 bits per heavy atom. The summed E-state index contributed by atoms with van der Waals surface area (Å²) >= 11 is 0. The van der Waals surface area contributed by atoms with Crippen LogP contribution in [0.15, 0.2) is 24.3 Å². The molecule has 0 bridgehead atoms. The van der Waals surface area contributed by atoms with E-state index in [-0.39, 0.29) is 0 Å². The van der Waals surface area contributed by atoms with Crippen LogP contribution in [0.25, 0.3) is 0 Å². The van der Waals surface area contributed by atoms with Crippen LogP contribution in [-0.4, -0.2) is 30.5 Å². The third-order valence-corrected chi connectivity index (χ3v) is 3.93. The van der Waals surface area contributed by atoms with E-state index in [0.29, 0.717) is 24.2 Å². The highest BCUT2D eigenvalue weighted by Gasteiger charge is 2.12. The molecule has 5 heteroatoms. The molecule has 1 aromatic carbocycles. The van der Waals surface area contributed by atoms with Crippen LogP contribution in [0.3, 0.4) is 0 Å². The van der Waals surface area contributed by atoms with E-state index < -0.39 is 11.6 Å². The molecule has 0 saturated heterocycles. The molecule has 0 spiro atoms. The topological polar surface area (TPSA) is 42.1 Å². The minimum Gasteiger partial charge on any atom is -0.384 e. The summed E-state index contributed by atoms with van der Waals surface area (Å²) in [6, 6.07) is 6.78. The highest BCUT2D eigenvalue weighted by molar-refractivity contribution is 5.35. The van der Waals surface area contributed by atoms with Gasteiger partial charge in [0, 0.05) is 5.69 Å². The van der Waals surface area contributed by atoms with Crippen LogP contribution in [0.2, 0.25) is 0 Å². The van der Waals surface area contributed by atoms with E-state index in [1.807, 2.05) is 27.1 Å². The fourth-order valence-electron chi connectivity index (χ4n) is 2.79. The molecule has 3 nitrogen and oxygen atoms in total. The lowest BCUT2D eigenvalue weighted by atomic mass is 10.0. The van der Waals surface area contributed by atoms with Gasteiger partial charge in [-0.2, -0.15) is 0 Å². The molecule has 130 valence electrons. The summed E-state index contributed by atoms with van der Waals surface area (Å²) in [7, 11) is 3.99. The lowest BCUT2D eigenvalue weighted by Crippen LogP contribution is -2.13. The van der Waals surface area contributed by atoms with Gasteiger partial charge in [0.1, 0.15) is 5.82 Å². The van der Waals surface area contributed by atoms with Crippen LogP contribution in [0.1, 0.15) is 28.8 Å². The first-order valence-electron chi connectivity index (χ1n) is 8.19. The molecule has 0 atom stereocenters. The smallest absolute Gasteiger partial charge is 0.162 e. The SMILES string of the molecule is Cc1cc(N)nc(CCc2cc(CCCN(C)C)cc(F)c2F)c1. The van der Waals surface area contributed by atoms with E-state index in [9.17, 15) is 8.78 Å². The first kappa shape index (κ1) is 18.3. The molecule has 1 aromatic heterocycles. The van der Waals surface area contributed by atoms with Crippen LogP contribution in [0.4, 0.5) is 14.6 Å². The number of pyridine rings is 1. The molecule has 24 heavy (non-hydrogen) atoms. The zero-order valence-electron chi connectivity index (χ0n) is 14.6. The number of halogens is 2. The third-order valence-electron chi connectivity index (χ3n) is 3.93. The van der Waals surface area contributed by atoms with Gasteiger partial charge < -0.3 is 10.6 Å². The normalized spacial score (nSPS) is 11.2. The molecule has 0 aliphatic carbocycles. The van der Waals surface area contributed by atoms with E-state index in [1.165, 1.54) is 6.07 Å². The number of nitrogens with two attached hydrogens (primary N) is 1. The van der Waals surface area contributed by atoms with Crippen LogP contribution in [-0.2, 0) is 19.3 Å². The number of anilines is 1. The molecule has 2 rings (SSSR count). The lowest BCUT2D eigenvalue weighted by Gasteiger charge is -2.11. The van der Waals surface area contributed by atoms with E-state index in [4.69, 9.17) is 5.73 Å². The number of nitrogen functional groups attached to an aromatic ring is 1. The van der Waals surface area contributed by atoms with Gasteiger partial charge in [-0.05, 0) is 88.1 Å². The second kappa shape index (κ2) is 8.20. The Morgan fingerprint density at radius 1 is 1.04 bits per heavy atom. The van der Waals surface area contributed by atoms with Crippen molar-refractivity contribution in [1.29, 1.82) is 0 Å². The highest BCUT2D eigenvalue weighted by Crippen LogP contribution is 2.19. The average molecular weight is 333 g/mol. The molecule has 0 fully saturated rings. The van der Waals surface area contributed by atoms with Crippen molar-refractivity contribution < 1.29 is 8.78 Å². The van der Waals surface area contributed by atoms with Crippen molar-refractivity contribution in [3.63, 3.8) is 0 Å². The molecule has 0 unspecified atom stereocenters. The van der Waals surface area contributed by atoms with Gasteiger partial charge in [-0.25, -0.2) is 13.8 Å². The Bertz CT molecular complexity index is 679.